The normalized spacial score (nSPS) is 12.2. The molecule has 7 heteroatoms. The van der Waals surface area contributed by atoms with Gasteiger partial charge in [-0.3, -0.25) is 14.3 Å². The van der Waals surface area contributed by atoms with Crippen molar-refractivity contribution in [3.63, 3.8) is 0 Å². The van der Waals surface area contributed by atoms with E-state index < -0.39 is 0 Å². The first-order valence-electron chi connectivity index (χ1n) is 11.7. The highest BCUT2D eigenvalue weighted by atomic mass is 32.1. The summed E-state index contributed by atoms with van der Waals surface area (Å²) in [5.41, 5.74) is 12.9. The molecule has 0 aliphatic carbocycles. The van der Waals surface area contributed by atoms with Crippen molar-refractivity contribution in [1.29, 1.82) is 0 Å². The molecule has 0 unspecified atom stereocenters. The Morgan fingerprint density at radius 3 is 2.64 bits per heavy atom. The summed E-state index contributed by atoms with van der Waals surface area (Å²) in [6, 6.07) is 23.5. The monoisotopic (exact) mass is 489 g/mol. The maximum atomic E-state index is 14.2. The second-order valence-electron chi connectivity index (χ2n) is 8.85. The minimum atomic E-state index is -0.0622. The Labute approximate surface area is 211 Å². The quantitative estimate of drug-likeness (QED) is 0.322. The molecule has 6 nitrogen and oxygen atoms in total. The van der Waals surface area contributed by atoms with Crippen molar-refractivity contribution in [2.45, 2.75) is 19.3 Å². The molecular formula is C29H23N5OS. The highest BCUT2D eigenvalue weighted by Gasteiger charge is 2.20. The van der Waals surface area contributed by atoms with Crippen molar-refractivity contribution in [2.75, 3.05) is 5.73 Å². The SMILES string of the molecule is C[C@H](Cc1nccc2scnc12)c1cc2cccc(-c3ccc(N)nc3)c2c(=O)n1-c1ccccc1. The van der Waals surface area contributed by atoms with Crippen molar-refractivity contribution >= 4 is 38.1 Å². The van der Waals surface area contributed by atoms with Gasteiger partial charge >= 0.3 is 0 Å². The fourth-order valence-electron chi connectivity index (χ4n) is 4.78. The summed E-state index contributed by atoms with van der Waals surface area (Å²) in [6.45, 7) is 2.14. The summed E-state index contributed by atoms with van der Waals surface area (Å²) in [6.07, 6.45) is 4.22. The third-order valence-corrected chi connectivity index (χ3v) is 7.31. The number of nitrogens with zero attached hydrogens (tertiary/aromatic N) is 4. The first-order chi connectivity index (χ1) is 17.6. The van der Waals surface area contributed by atoms with Crippen LogP contribution in [0.3, 0.4) is 0 Å². The van der Waals surface area contributed by atoms with Gasteiger partial charge in [0.05, 0.1) is 21.3 Å². The number of anilines is 1. The minimum Gasteiger partial charge on any atom is -0.384 e. The largest absolute Gasteiger partial charge is 0.384 e. The van der Waals surface area contributed by atoms with E-state index in [0.29, 0.717) is 17.6 Å². The van der Waals surface area contributed by atoms with Crippen LogP contribution in [0.15, 0.2) is 95.5 Å². The number of hydrogen-bond acceptors (Lipinski definition) is 6. The predicted molar refractivity (Wildman–Crippen MR) is 147 cm³/mol. The summed E-state index contributed by atoms with van der Waals surface area (Å²) < 4.78 is 2.95. The van der Waals surface area contributed by atoms with Crippen molar-refractivity contribution in [3.8, 4) is 16.8 Å². The third kappa shape index (κ3) is 3.83. The van der Waals surface area contributed by atoms with Gasteiger partial charge in [-0.15, -0.1) is 11.3 Å². The van der Waals surface area contributed by atoms with Crippen LogP contribution in [0.4, 0.5) is 5.82 Å². The Kier molecular flexibility index (Phi) is 5.54. The molecule has 0 radical (unpaired) electrons. The second kappa shape index (κ2) is 9.02. The number of pyridine rings is 3. The van der Waals surface area contributed by atoms with Crippen LogP contribution >= 0.6 is 11.3 Å². The Bertz CT molecular complexity index is 1760. The minimum absolute atomic E-state index is 0.0175. The Morgan fingerprint density at radius 2 is 1.83 bits per heavy atom. The number of fused-ring (bicyclic) bond motifs is 2. The van der Waals surface area contributed by atoms with E-state index in [0.717, 1.165) is 43.8 Å². The summed E-state index contributed by atoms with van der Waals surface area (Å²) in [4.78, 5) is 27.6. The van der Waals surface area contributed by atoms with Gasteiger partial charge in [0.1, 0.15) is 11.3 Å². The van der Waals surface area contributed by atoms with Gasteiger partial charge in [0.25, 0.3) is 5.56 Å². The molecule has 0 aliphatic heterocycles. The first kappa shape index (κ1) is 22.1. The average Bonchev–Trinajstić information content (AvgIpc) is 3.39. The van der Waals surface area contributed by atoms with E-state index >= 15 is 0 Å². The summed E-state index contributed by atoms with van der Waals surface area (Å²) in [5, 5.41) is 1.55. The van der Waals surface area contributed by atoms with Gasteiger partial charge in [-0.1, -0.05) is 43.3 Å². The highest BCUT2D eigenvalue weighted by Crippen LogP contribution is 2.31. The van der Waals surface area contributed by atoms with Crippen LogP contribution in [-0.4, -0.2) is 19.5 Å². The summed E-state index contributed by atoms with van der Waals surface area (Å²) in [7, 11) is 0. The van der Waals surface area contributed by atoms with E-state index in [4.69, 9.17) is 5.73 Å². The summed E-state index contributed by atoms with van der Waals surface area (Å²) >= 11 is 1.61. The molecule has 0 saturated carbocycles. The molecule has 4 heterocycles. The van der Waals surface area contributed by atoms with Crippen LogP contribution in [0.2, 0.25) is 0 Å². The number of nitrogen functional groups attached to an aromatic ring is 1. The van der Waals surface area contributed by atoms with Crippen LogP contribution in [0.25, 0.3) is 37.8 Å². The number of benzene rings is 2. The molecule has 0 amide bonds. The van der Waals surface area contributed by atoms with Crippen molar-refractivity contribution in [2.24, 2.45) is 0 Å². The van der Waals surface area contributed by atoms with E-state index in [9.17, 15) is 4.79 Å². The van der Waals surface area contributed by atoms with Gasteiger partial charge in [0.2, 0.25) is 0 Å². The lowest BCUT2D eigenvalue weighted by Crippen LogP contribution is -2.24. The number of thiazole rings is 1. The molecule has 0 spiro atoms. The van der Waals surface area contributed by atoms with Gasteiger partial charge in [-0.25, -0.2) is 9.97 Å². The molecule has 4 aromatic heterocycles. The average molecular weight is 490 g/mol. The van der Waals surface area contributed by atoms with E-state index in [1.807, 2.05) is 76.9 Å². The van der Waals surface area contributed by atoms with Crippen molar-refractivity contribution in [1.82, 2.24) is 19.5 Å². The standard InChI is InChI=1S/C29H23N5OS/c1-18(14-23-28-25(12-13-31-23)36-17-33-28)24-15-19-6-5-9-22(20-10-11-26(30)32-16-20)27(19)29(35)34(24)21-7-3-2-4-8-21/h2-13,15-18H,14H2,1H3,(H2,30,32)/t18-/m1/s1. The fourth-order valence-corrected chi connectivity index (χ4v) is 5.48. The molecule has 2 N–H and O–H groups in total. The second-order valence-corrected chi connectivity index (χ2v) is 9.74. The molecule has 0 aliphatic rings. The van der Waals surface area contributed by atoms with Gasteiger partial charge in [0, 0.05) is 35.3 Å². The first-order valence-corrected chi connectivity index (χ1v) is 12.6. The van der Waals surface area contributed by atoms with E-state index in [1.54, 1.807) is 23.6 Å². The zero-order chi connectivity index (χ0) is 24.6. The Hall–Kier alpha value is -4.36. The van der Waals surface area contributed by atoms with Gasteiger partial charge < -0.3 is 5.73 Å². The number of para-hydroxylation sites is 1. The van der Waals surface area contributed by atoms with E-state index in [2.05, 4.69) is 27.9 Å². The van der Waals surface area contributed by atoms with Crippen LogP contribution in [0.1, 0.15) is 24.2 Å². The fraction of sp³-hybridized carbons (Fsp3) is 0.103. The molecule has 2 aromatic carbocycles. The summed E-state index contributed by atoms with van der Waals surface area (Å²) in [5.74, 6) is 0.462. The smallest absolute Gasteiger partial charge is 0.263 e. The lowest BCUT2D eigenvalue weighted by Gasteiger charge is -2.21. The lowest BCUT2D eigenvalue weighted by molar-refractivity contribution is 0.688. The van der Waals surface area contributed by atoms with Crippen molar-refractivity contribution < 1.29 is 0 Å². The maximum absolute atomic E-state index is 14.2. The van der Waals surface area contributed by atoms with E-state index in [1.165, 1.54) is 0 Å². The molecule has 0 fully saturated rings. The van der Waals surface area contributed by atoms with E-state index in [-0.39, 0.29) is 11.5 Å². The molecule has 0 saturated heterocycles. The zero-order valence-electron chi connectivity index (χ0n) is 19.6. The van der Waals surface area contributed by atoms with Crippen LogP contribution < -0.4 is 11.3 Å². The van der Waals surface area contributed by atoms with Gasteiger partial charge in [0.15, 0.2) is 0 Å². The molecule has 176 valence electrons. The maximum Gasteiger partial charge on any atom is 0.263 e. The number of nitrogens with two attached hydrogens (primary N) is 1. The molecule has 6 aromatic rings. The van der Waals surface area contributed by atoms with Gasteiger partial charge in [-0.2, -0.15) is 0 Å². The lowest BCUT2D eigenvalue weighted by atomic mass is 9.95. The predicted octanol–water partition coefficient (Wildman–Crippen LogP) is 5.99. The molecular weight excluding hydrogens is 466 g/mol. The number of aromatic nitrogens is 4. The topological polar surface area (TPSA) is 86.7 Å². The van der Waals surface area contributed by atoms with Crippen LogP contribution in [0, 0.1) is 0 Å². The number of rotatable bonds is 5. The highest BCUT2D eigenvalue weighted by molar-refractivity contribution is 7.16. The Balaban J connectivity index is 1.57. The Morgan fingerprint density at radius 1 is 0.972 bits per heavy atom. The molecule has 6 rings (SSSR count). The van der Waals surface area contributed by atoms with Crippen LogP contribution in [-0.2, 0) is 6.42 Å². The van der Waals surface area contributed by atoms with Crippen LogP contribution in [0.5, 0.6) is 0 Å². The molecule has 36 heavy (non-hydrogen) atoms. The number of hydrogen-bond donors (Lipinski definition) is 1. The third-order valence-electron chi connectivity index (χ3n) is 6.52. The van der Waals surface area contributed by atoms with Gasteiger partial charge in [-0.05, 0) is 53.8 Å². The van der Waals surface area contributed by atoms with Crippen molar-refractivity contribution in [3.05, 3.63) is 112 Å². The molecule has 0 bridgehead atoms. The zero-order valence-corrected chi connectivity index (χ0v) is 20.4. The molecule has 1 atom stereocenters.